The number of aliphatic imine (C=N–C) groups is 1. The minimum atomic E-state index is -4.77. The van der Waals surface area contributed by atoms with Crippen molar-refractivity contribution in [1.29, 1.82) is 0 Å². The van der Waals surface area contributed by atoms with Gasteiger partial charge in [-0.2, -0.15) is 0 Å². The van der Waals surface area contributed by atoms with Crippen molar-refractivity contribution in [3.05, 3.63) is 78.1 Å². The molecule has 1 heterocycles. The van der Waals surface area contributed by atoms with Gasteiger partial charge in [0.15, 0.2) is 5.69 Å². The molecular weight excluding hydrogens is 524 g/mol. The van der Waals surface area contributed by atoms with Crippen LogP contribution in [0.1, 0.15) is 49.9 Å². The number of anilines is 2. The first-order valence-electron chi connectivity index (χ1n) is 13.0. The number of amides is 1. The zero-order valence-electron chi connectivity index (χ0n) is 22.1. The van der Waals surface area contributed by atoms with Gasteiger partial charge in [0.1, 0.15) is 17.3 Å². The Kier molecular flexibility index (Phi) is 7.35. The Balaban J connectivity index is 1.43. The van der Waals surface area contributed by atoms with Crippen molar-refractivity contribution in [3.8, 4) is 5.75 Å². The van der Waals surface area contributed by atoms with Crippen LogP contribution in [0.3, 0.4) is 0 Å². The standard InChI is InChI=1S/C30H28F4N4O2/c1-29(2)15-3-4-19(17-29)18-38-26-14-5-20(27(39)35-22-8-6-21(31)7-9-22)16-25(26)37-28(38)36-23-10-12-24(13-11-23)40-30(32,33)34/h5-14,16,18-19H,3-4,15,17H2,1-2H3,(H-,35,36,37,39)/p+1. The van der Waals surface area contributed by atoms with Crippen LogP contribution in [-0.4, -0.2) is 29.0 Å². The topological polar surface area (TPSA) is 65.7 Å². The van der Waals surface area contributed by atoms with Crippen LogP contribution in [0.15, 0.2) is 71.7 Å². The summed E-state index contributed by atoms with van der Waals surface area (Å²) >= 11 is 0. The Labute approximate surface area is 229 Å². The summed E-state index contributed by atoms with van der Waals surface area (Å²) in [5.41, 5.74) is 2.92. The van der Waals surface area contributed by atoms with Crippen molar-refractivity contribution >= 4 is 40.8 Å². The second-order valence-electron chi connectivity index (χ2n) is 10.8. The number of carbonyl (C=O) groups excluding carboxylic acids is 1. The maximum atomic E-state index is 13.2. The maximum Gasteiger partial charge on any atom is 0.573 e. The van der Waals surface area contributed by atoms with Crippen molar-refractivity contribution < 1.29 is 31.7 Å². The third-order valence-corrected chi connectivity index (χ3v) is 7.00. The molecule has 0 bridgehead atoms. The van der Waals surface area contributed by atoms with Crippen molar-refractivity contribution in [1.82, 2.24) is 0 Å². The Morgan fingerprint density at radius 2 is 1.75 bits per heavy atom. The van der Waals surface area contributed by atoms with E-state index in [0.29, 0.717) is 34.5 Å². The number of carbonyl (C=O) groups is 1. The van der Waals surface area contributed by atoms with Gasteiger partial charge in [0.05, 0.1) is 11.9 Å². The largest absolute Gasteiger partial charge is 0.573 e. The molecule has 0 radical (unpaired) electrons. The molecule has 1 atom stereocenters. The van der Waals surface area contributed by atoms with Crippen LogP contribution in [0.5, 0.6) is 5.75 Å². The number of halogens is 4. The monoisotopic (exact) mass is 553 g/mol. The van der Waals surface area contributed by atoms with Crippen LogP contribution in [-0.2, 0) is 0 Å². The number of alkyl halides is 3. The van der Waals surface area contributed by atoms with E-state index >= 15 is 0 Å². The summed E-state index contributed by atoms with van der Waals surface area (Å²) in [4.78, 5) is 17.6. The zero-order chi connectivity index (χ0) is 28.5. The zero-order valence-corrected chi connectivity index (χ0v) is 22.1. The van der Waals surface area contributed by atoms with E-state index in [4.69, 9.17) is 4.99 Å². The summed E-state index contributed by atoms with van der Waals surface area (Å²) in [6, 6.07) is 16.1. The summed E-state index contributed by atoms with van der Waals surface area (Å²) in [5.74, 6) is -0.315. The van der Waals surface area contributed by atoms with Gasteiger partial charge >= 0.3 is 12.3 Å². The van der Waals surface area contributed by atoms with Gasteiger partial charge in [-0.1, -0.05) is 25.3 Å². The fraction of sp³-hybridized carbons (Fsp3) is 0.300. The number of rotatable bonds is 5. The third kappa shape index (κ3) is 6.67. The first-order valence-corrected chi connectivity index (χ1v) is 13.0. The molecular formula is C30H29F4N4O2+. The van der Waals surface area contributed by atoms with E-state index in [-0.39, 0.29) is 17.1 Å². The van der Waals surface area contributed by atoms with Gasteiger partial charge in [-0.25, -0.2) is 14.3 Å². The highest BCUT2D eigenvalue weighted by atomic mass is 19.4. The maximum absolute atomic E-state index is 13.2. The highest BCUT2D eigenvalue weighted by Crippen LogP contribution is 2.40. The number of hydrogen-bond acceptors (Lipinski definition) is 4. The van der Waals surface area contributed by atoms with E-state index in [2.05, 4.69) is 35.4 Å². The van der Waals surface area contributed by atoms with Gasteiger partial charge in [0, 0.05) is 17.2 Å². The van der Waals surface area contributed by atoms with E-state index in [1.165, 1.54) is 48.5 Å². The van der Waals surface area contributed by atoms with Crippen LogP contribution in [0.25, 0.3) is 0 Å². The first-order chi connectivity index (χ1) is 18.9. The molecule has 1 amide bonds. The number of benzene rings is 3. The van der Waals surface area contributed by atoms with E-state index in [1.807, 2.05) is 10.6 Å². The smallest absolute Gasteiger partial charge is 0.406 e. The average Bonchev–Trinajstić information content (AvgIpc) is 3.21. The van der Waals surface area contributed by atoms with Crippen LogP contribution in [0.4, 0.5) is 40.3 Å². The van der Waals surface area contributed by atoms with Crippen molar-refractivity contribution in [2.75, 3.05) is 10.6 Å². The molecule has 1 unspecified atom stereocenters. The molecule has 40 heavy (non-hydrogen) atoms. The van der Waals surface area contributed by atoms with E-state index in [1.54, 1.807) is 12.1 Å². The Bertz CT molecular complexity index is 1460. The molecule has 6 nitrogen and oxygen atoms in total. The summed E-state index contributed by atoms with van der Waals surface area (Å²) in [7, 11) is 0. The molecule has 0 saturated heterocycles. The SMILES string of the molecule is CC1(C)CCCC(C=[N+]2C(Nc3ccc(OC(F)(F)F)cc3)=Nc3cc(C(=O)Nc4ccc(F)cc4)ccc32)C1. The second kappa shape index (κ2) is 10.7. The third-order valence-electron chi connectivity index (χ3n) is 7.00. The number of nitrogens with zero attached hydrogens (tertiary/aromatic N) is 2. The van der Waals surface area contributed by atoms with Crippen LogP contribution in [0.2, 0.25) is 0 Å². The van der Waals surface area contributed by atoms with E-state index < -0.39 is 12.2 Å². The van der Waals surface area contributed by atoms with Gasteiger partial charge in [-0.3, -0.25) is 4.79 Å². The molecule has 0 spiro atoms. The second-order valence-corrected chi connectivity index (χ2v) is 10.8. The quantitative estimate of drug-likeness (QED) is 0.248. The van der Waals surface area contributed by atoms with Crippen LogP contribution >= 0.6 is 0 Å². The van der Waals surface area contributed by atoms with E-state index in [9.17, 15) is 22.4 Å². The van der Waals surface area contributed by atoms with Crippen molar-refractivity contribution in [2.45, 2.75) is 45.9 Å². The normalized spacial score (nSPS) is 19.1. The summed E-state index contributed by atoms with van der Waals surface area (Å²) in [5, 5.41) is 5.96. The molecule has 2 aliphatic rings. The number of fused-ring (bicyclic) bond motifs is 1. The lowest BCUT2D eigenvalue weighted by molar-refractivity contribution is -0.298. The fourth-order valence-corrected chi connectivity index (χ4v) is 5.18. The number of guanidine groups is 1. The summed E-state index contributed by atoms with van der Waals surface area (Å²) < 4.78 is 56.8. The minimum absolute atomic E-state index is 0.212. The van der Waals surface area contributed by atoms with Crippen molar-refractivity contribution in [3.63, 3.8) is 0 Å². The van der Waals surface area contributed by atoms with Gasteiger partial charge < -0.3 is 10.1 Å². The van der Waals surface area contributed by atoms with Gasteiger partial charge in [0.2, 0.25) is 0 Å². The molecule has 1 aliphatic carbocycles. The molecule has 3 aromatic carbocycles. The predicted molar refractivity (Wildman–Crippen MR) is 146 cm³/mol. The summed E-state index contributed by atoms with van der Waals surface area (Å²) in [6.07, 6.45) is 1.67. The Hall–Kier alpha value is -4.21. The lowest BCUT2D eigenvalue weighted by atomic mass is 9.72. The average molecular weight is 554 g/mol. The van der Waals surface area contributed by atoms with Gasteiger partial charge in [-0.15, -0.1) is 13.2 Å². The highest BCUT2D eigenvalue weighted by Gasteiger charge is 2.34. The van der Waals surface area contributed by atoms with Gasteiger partial charge in [0.25, 0.3) is 5.91 Å². The van der Waals surface area contributed by atoms with Crippen LogP contribution < -0.4 is 15.4 Å². The van der Waals surface area contributed by atoms with E-state index in [0.717, 1.165) is 31.4 Å². The fourth-order valence-electron chi connectivity index (χ4n) is 5.18. The molecule has 0 aromatic heterocycles. The molecule has 3 aromatic rings. The predicted octanol–water partition coefficient (Wildman–Crippen LogP) is 8.02. The summed E-state index contributed by atoms with van der Waals surface area (Å²) in [6.45, 7) is 4.52. The number of ether oxygens (including phenoxy) is 1. The lowest BCUT2D eigenvalue weighted by Gasteiger charge is -2.33. The first kappa shape index (κ1) is 27.4. The molecule has 10 heteroatoms. The van der Waals surface area contributed by atoms with Crippen molar-refractivity contribution in [2.24, 2.45) is 16.3 Å². The lowest BCUT2D eigenvalue weighted by Crippen LogP contribution is -2.29. The molecule has 1 aliphatic heterocycles. The molecule has 2 N–H and O–H groups in total. The number of nitrogens with one attached hydrogen (secondary N) is 2. The minimum Gasteiger partial charge on any atom is -0.406 e. The molecule has 1 saturated carbocycles. The van der Waals surface area contributed by atoms with Crippen LogP contribution in [0, 0.1) is 17.2 Å². The van der Waals surface area contributed by atoms with Gasteiger partial charge in [-0.05, 0) is 91.4 Å². The highest BCUT2D eigenvalue weighted by molar-refractivity contribution is 6.06. The molecule has 5 rings (SSSR count). The number of hydrogen-bond donors (Lipinski definition) is 2. The Morgan fingerprint density at radius 1 is 1.05 bits per heavy atom. The Morgan fingerprint density at radius 3 is 2.42 bits per heavy atom. The molecule has 208 valence electrons. The molecule has 1 fully saturated rings.